The molecule has 3 rings (SSSR count). The molecule has 27 heavy (non-hydrogen) atoms. The number of carbonyl (C=O) groups is 1. The second kappa shape index (κ2) is 7.90. The number of benzene rings is 1. The van der Waals surface area contributed by atoms with Crippen LogP contribution in [0.1, 0.15) is 22.9 Å². The van der Waals surface area contributed by atoms with Gasteiger partial charge in [0.05, 0.1) is 23.2 Å². The van der Waals surface area contributed by atoms with E-state index < -0.39 is 11.7 Å². The van der Waals surface area contributed by atoms with Crippen LogP contribution in [-0.2, 0) is 17.4 Å². The molecule has 0 aliphatic rings. The summed E-state index contributed by atoms with van der Waals surface area (Å²) in [6.45, 7) is 3.72. The molecular formula is C19H17F3N2OS2. The van der Waals surface area contributed by atoms with Crippen molar-refractivity contribution in [3.63, 3.8) is 0 Å². The van der Waals surface area contributed by atoms with Gasteiger partial charge in [-0.3, -0.25) is 4.79 Å². The Morgan fingerprint density at radius 3 is 2.70 bits per heavy atom. The van der Waals surface area contributed by atoms with Gasteiger partial charge in [-0.1, -0.05) is 19.1 Å². The maximum Gasteiger partial charge on any atom is 0.416 e. The summed E-state index contributed by atoms with van der Waals surface area (Å²) in [4.78, 5) is 17.8. The fourth-order valence-corrected chi connectivity index (χ4v) is 4.21. The molecule has 0 saturated carbocycles. The smallest absolute Gasteiger partial charge is 0.323 e. The van der Waals surface area contributed by atoms with E-state index in [9.17, 15) is 18.0 Å². The second-order valence-electron chi connectivity index (χ2n) is 5.88. The maximum atomic E-state index is 13.0. The second-order valence-corrected chi connectivity index (χ2v) is 8.17. The highest BCUT2D eigenvalue weighted by atomic mass is 32.2. The van der Waals surface area contributed by atoms with Gasteiger partial charge in [0, 0.05) is 10.3 Å². The average Bonchev–Trinajstić information content (AvgIpc) is 3.10. The van der Waals surface area contributed by atoms with Crippen LogP contribution >= 0.6 is 23.1 Å². The average molecular weight is 410 g/mol. The Hall–Kier alpha value is -2.06. The van der Waals surface area contributed by atoms with E-state index in [1.165, 1.54) is 29.2 Å². The van der Waals surface area contributed by atoms with Crippen LogP contribution in [-0.4, -0.2) is 16.6 Å². The van der Waals surface area contributed by atoms with E-state index in [1.54, 1.807) is 6.92 Å². The summed E-state index contributed by atoms with van der Waals surface area (Å²) in [6.07, 6.45) is -4.17. The first-order chi connectivity index (χ1) is 12.8. The fourth-order valence-electron chi connectivity index (χ4n) is 2.72. The Bertz CT molecular complexity index is 969. The third kappa shape index (κ3) is 4.44. The number of halogens is 3. The van der Waals surface area contributed by atoms with Crippen LogP contribution in [0.25, 0.3) is 10.9 Å². The van der Waals surface area contributed by atoms with E-state index in [2.05, 4.69) is 10.3 Å². The number of carbonyl (C=O) groups excluding carboxylic acids is 1. The molecule has 0 fully saturated rings. The van der Waals surface area contributed by atoms with Gasteiger partial charge in [-0.2, -0.15) is 13.2 Å². The van der Waals surface area contributed by atoms with Gasteiger partial charge in [0.25, 0.3) is 0 Å². The summed E-state index contributed by atoms with van der Waals surface area (Å²) in [5.41, 5.74) is 0.818. The largest absolute Gasteiger partial charge is 0.416 e. The van der Waals surface area contributed by atoms with Crippen molar-refractivity contribution in [3.05, 3.63) is 51.7 Å². The molecule has 0 aliphatic carbocycles. The summed E-state index contributed by atoms with van der Waals surface area (Å²) >= 11 is 2.89. The normalized spacial score (nSPS) is 11.7. The molecule has 3 nitrogen and oxygen atoms in total. The number of hydrogen-bond acceptors (Lipinski definition) is 4. The van der Waals surface area contributed by atoms with Crippen molar-refractivity contribution >= 4 is 45.6 Å². The fraction of sp³-hybridized carbons (Fsp3) is 0.263. The molecule has 0 unspecified atom stereocenters. The minimum Gasteiger partial charge on any atom is -0.323 e. The first kappa shape index (κ1) is 19.7. The number of nitrogens with zero attached hydrogens (tertiary/aromatic N) is 1. The molecule has 0 bridgehead atoms. The number of amides is 1. The van der Waals surface area contributed by atoms with E-state index >= 15 is 0 Å². The van der Waals surface area contributed by atoms with Crippen LogP contribution in [0.4, 0.5) is 18.9 Å². The van der Waals surface area contributed by atoms with Gasteiger partial charge in [-0.05, 0) is 41.8 Å². The molecule has 0 radical (unpaired) electrons. The minimum absolute atomic E-state index is 0.174. The van der Waals surface area contributed by atoms with Gasteiger partial charge >= 0.3 is 6.18 Å². The molecule has 3 aromatic rings. The van der Waals surface area contributed by atoms with Crippen molar-refractivity contribution < 1.29 is 18.0 Å². The number of thiophene rings is 1. The number of hydrogen-bond donors (Lipinski definition) is 1. The van der Waals surface area contributed by atoms with E-state index in [0.29, 0.717) is 27.4 Å². The highest BCUT2D eigenvalue weighted by molar-refractivity contribution is 7.99. The highest BCUT2D eigenvalue weighted by Gasteiger charge is 2.31. The van der Waals surface area contributed by atoms with Gasteiger partial charge in [-0.15, -0.1) is 23.1 Å². The van der Waals surface area contributed by atoms with Gasteiger partial charge < -0.3 is 5.32 Å². The number of rotatable bonds is 5. The van der Waals surface area contributed by atoms with Gasteiger partial charge in [0.2, 0.25) is 5.91 Å². The molecule has 1 aromatic carbocycles. The molecule has 2 aromatic heterocycles. The van der Waals surface area contributed by atoms with Crippen LogP contribution in [0.2, 0.25) is 0 Å². The number of thioether (sulfide) groups is 1. The van der Waals surface area contributed by atoms with E-state index in [1.807, 2.05) is 24.4 Å². The lowest BCUT2D eigenvalue weighted by Crippen LogP contribution is -2.16. The number of anilines is 1. The molecule has 2 heterocycles. The number of pyridine rings is 1. The third-order valence-electron chi connectivity index (χ3n) is 4.00. The first-order valence-corrected chi connectivity index (χ1v) is 10.1. The van der Waals surface area contributed by atoms with Crippen molar-refractivity contribution in [3.8, 4) is 0 Å². The summed E-state index contributed by atoms with van der Waals surface area (Å²) in [6, 6.07) is 7.28. The Labute approximate surface area is 163 Å². The maximum absolute atomic E-state index is 13.0. The summed E-state index contributed by atoms with van der Waals surface area (Å²) in [5.74, 6) is 0.511. The molecular weight excluding hydrogens is 393 g/mol. The van der Waals surface area contributed by atoms with Gasteiger partial charge in [0.15, 0.2) is 0 Å². The molecule has 1 N–H and O–H groups in total. The van der Waals surface area contributed by atoms with Crippen molar-refractivity contribution in [2.45, 2.75) is 31.5 Å². The number of alkyl halides is 3. The zero-order valence-electron chi connectivity index (χ0n) is 14.7. The highest BCUT2D eigenvalue weighted by Crippen LogP contribution is 2.36. The number of nitrogens with one attached hydrogen (secondary N) is 1. The lowest BCUT2D eigenvalue weighted by molar-refractivity contribution is -0.137. The Kier molecular flexibility index (Phi) is 5.76. The number of aryl methyl sites for hydroxylation is 1. The molecule has 0 spiro atoms. The molecule has 8 heteroatoms. The van der Waals surface area contributed by atoms with Crippen LogP contribution in [0.15, 0.2) is 40.7 Å². The molecule has 0 saturated heterocycles. The quantitative estimate of drug-likeness (QED) is 0.531. The Morgan fingerprint density at radius 2 is 2.07 bits per heavy atom. The standard InChI is InChI=1S/C19H17F3N2OS2/c1-3-26-18-17(24-16(25)10-13-5-4-8-27-13)11(2)14-7-6-12(19(20,21)22)9-15(14)23-18/h4-9H,3,10H2,1-2H3,(H,24,25). The van der Waals surface area contributed by atoms with Crippen molar-refractivity contribution in [2.75, 3.05) is 11.1 Å². The van der Waals surface area contributed by atoms with E-state index in [0.717, 1.165) is 17.0 Å². The third-order valence-corrected chi connectivity index (χ3v) is 5.73. The molecule has 1 amide bonds. The predicted octanol–water partition coefficient (Wildman–Crippen LogP) is 5.92. The predicted molar refractivity (Wildman–Crippen MR) is 105 cm³/mol. The lowest BCUT2D eigenvalue weighted by atomic mass is 10.1. The molecule has 142 valence electrons. The Morgan fingerprint density at radius 1 is 1.30 bits per heavy atom. The summed E-state index contributed by atoms with van der Waals surface area (Å²) in [5, 5.41) is 5.93. The number of fused-ring (bicyclic) bond motifs is 1. The monoisotopic (exact) mass is 410 g/mol. The zero-order valence-corrected chi connectivity index (χ0v) is 16.3. The van der Waals surface area contributed by atoms with Crippen molar-refractivity contribution in [1.29, 1.82) is 0 Å². The Balaban J connectivity index is 2.01. The molecule has 0 aliphatic heterocycles. The van der Waals surface area contributed by atoms with Gasteiger partial charge in [0.1, 0.15) is 5.03 Å². The number of aromatic nitrogens is 1. The van der Waals surface area contributed by atoms with E-state index in [-0.39, 0.29) is 17.8 Å². The zero-order chi connectivity index (χ0) is 19.6. The first-order valence-electron chi connectivity index (χ1n) is 8.26. The van der Waals surface area contributed by atoms with Crippen molar-refractivity contribution in [2.24, 2.45) is 0 Å². The lowest BCUT2D eigenvalue weighted by Gasteiger charge is -2.16. The van der Waals surface area contributed by atoms with E-state index in [4.69, 9.17) is 0 Å². The van der Waals surface area contributed by atoms with Gasteiger partial charge in [-0.25, -0.2) is 4.98 Å². The van der Waals surface area contributed by atoms with Crippen LogP contribution in [0, 0.1) is 6.92 Å². The van der Waals surface area contributed by atoms with Crippen LogP contribution < -0.4 is 5.32 Å². The van der Waals surface area contributed by atoms with Crippen LogP contribution in [0.3, 0.4) is 0 Å². The minimum atomic E-state index is -4.42. The van der Waals surface area contributed by atoms with Crippen molar-refractivity contribution in [1.82, 2.24) is 4.98 Å². The molecule has 0 atom stereocenters. The SMILES string of the molecule is CCSc1nc2cc(C(F)(F)F)ccc2c(C)c1NC(=O)Cc1cccs1. The topological polar surface area (TPSA) is 42.0 Å². The summed E-state index contributed by atoms with van der Waals surface area (Å²) < 4.78 is 39.0. The summed E-state index contributed by atoms with van der Waals surface area (Å²) in [7, 11) is 0. The van der Waals surface area contributed by atoms with Crippen LogP contribution in [0.5, 0.6) is 0 Å².